The number of pyridine rings is 1. The average Bonchev–Trinajstić information content (AvgIpc) is 2.64. The Balaban J connectivity index is 0.00000169. The van der Waals surface area contributed by atoms with Gasteiger partial charge in [0.2, 0.25) is 5.91 Å². The number of aromatic nitrogens is 1. The van der Waals surface area contributed by atoms with Gasteiger partial charge in [-0.2, -0.15) is 0 Å². The number of rotatable bonds is 3. The number of carbonyl (C=O) groups is 2. The maximum Gasteiger partial charge on any atom is 0.253 e. The van der Waals surface area contributed by atoms with Gasteiger partial charge >= 0.3 is 0 Å². The molecule has 2 atom stereocenters. The summed E-state index contributed by atoms with van der Waals surface area (Å²) >= 11 is 0. The van der Waals surface area contributed by atoms with Crippen molar-refractivity contribution in [2.45, 2.75) is 25.9 Å². The maximum atomic E-state index is 12.5. The highest BCUT2D eigenvalue weighted by molar-refractivity contribution is 5.92. The number of nitrogens with zero attached hydrogens (tertiary/aromatic N) is 2. The fourth-order valence-electron chi connectivity index (χ4n) is 3.09. The lowest BCUT2D eigenvalue weighted by Crippen LogP contribution is -2.52. The van der Waals surface area contributed by atoms with Crippen LogP contribution in [-0.4, -0.2) is 60.6 Å². The maximum absolute atomic E-state index is 12.5. The highest BCUT2D eigenvalue weighted by atomic mass is 35.5. The number of nitrogens with one attached hydrogen (secondary N) is 2. The zero-order valence-electron chi connectivity index (χ0n) is 14.8. The van der Waals surface area contributed by atoms with Crippen LogP contribution in [0.4, 0.5) is 5.82 Å². The van der Waals surface area contributed by atoms with Crippen LogP contribution in [0.3, 0.4) is 0 Å². The van der Waals surface area contributed by atoms with E-state index >= 15 is 0 Å². The summed E-state index contributed by atoms with van der Waals surface area (Å²) in [5.74, 6) is 0.246. The highest BCUT2D eigenvalue weighted by Crippen LogP contribution is 2.20. The molecule has 0 bridgehead atoms. The number of piperidine rings is 1. The predicted molar refractivity (Wildman–Crippen MR) is 104 cm³/mol. The van der Waals surface area contributed by atoms with Crippen LogP contribution in [0.25, 0.3) is 0 Å². The van der Waals surface area contributed by atoms with Crippen LogP contribution in [0.2, 0.25) is 0 Å². The summed E-state index contributed by atoms with van der Waals surface area (Å²) in [6.07, 6.45) is 2.90. The SMILES string of the molecule is Cc1ccc(NC(=O)C2CCCN(C(=O)C3CNCCO3)C2)nc1.Cl.Cl. The minimum absolute atomic E-state index is 0. The van der Waals surface area contributed by atoms with Gasteiger partial charge in [0.15, 0.2) is 0 Å². The number of carbonyl (C=O) groups excluding carboxylic acids is 2. The Kier molecular flexibility index (Phi) is 9.29. The van der Waals surface area contributed by atoms with Gasteiger partial charge in [-0.15, -0.1) is 24.8 Å². The summed E-state index contributed by atoms with van der Waals surface area (Å²) in [7, 11) is 0. The van der Waals surface area contributed by atoms with Gasteiger partial charge in [0.25, 0.3) is 5.91 Å². The van der Waals surface area contributed by atoms with Gasteiger partial charge in [0.1, 0.15) is 11.9 Å². The van der Waals surface area contributed by atoms with E-state index in [4.69, 9.17) is 4.74 Å². The first-order valence-electron chi connectivity index (χ1n) is 8.48. The summed E-state index contributed by atoms with van der Waals surface area (Å²) in [4.78, 5) is 31.0. The topological polar surface area (TPSA) is 83.6 Å². The molecule has 2 N–H and O–H groups in total. The fourth-order valence-corrected chi connectivity index (χ4v) is 3.09. The minimum Gasteiger partial charge on any atom is -0.366 e. The standard InChI is InChI=1S/C17H24N4O3.2ClH/c1-12-4-5-15(19-9-12)20-16(22)13-3-2-7-21(11-13)17(23)14-10-18-6-8-24-14;;/h4-5,9,13-14,18H,2-3,6-8,10-11H2,1H3,(H,19,20,22);2*1H. The lowest BCUT2D eigenvalue weighted by atomic mass is 9.96. The smallest absolute Gasteiger partial charge is 0.253 e. The van der Waals surface area contributed by atoms with Gasteiger partial charge in [-0.1, -0.05) is 6.07 Å². The van der Waals surface area contributed by atoms with Crippen molar-refractivity contribution in [3.63, 3.8) is 0 Å². The van der Waals surface area contributed by atoms with E-state index in [1.807, 2.05) is 13.0 Å². The van der Waals surface area contributed by atoms with Crippen LogP contribution < -0.4 is 10.6 Å². The molecule has 9 heteroatoms. The third kappa shape index (κ3) is 5.81. The van der Waals surface area contributed by atoms with Crippen molar-refractivity contribution in [3.8, 4) is 0 Å². The second-order valence-corrected chi connectivity index (χ2v) is 6.40. The third-order valence-electron chi connectivity index (χ3n) is 4.47. The molecule has 0 aliphatic carbocycles. The van der Waals surface area contributed by atoms with Crippen LogP contribution in [0.1, 0.15) is 18.4 Å². The number of ether oxygens (including phenoxy) is 1. The number of hydrogen-bond acceptors (Lipinski definition) is 5. The summed E-state index contributed by atoms with van der Waals surface area (Å²) in [5.41, 5.74) is 1.04. The first-order chi connectivity index (χ1) is 11.6. The number of hydrogen-bond donors (Lipinski definition) is 2. The van der Waals surface area contributed by atoms with Crippen molar-refractivity contribution in [1.29, 1.82) is 0 Å². The van der Waals surface area contributed by atoms with Crippen molar-refractivity contribution in [1.82, 2.24) is 15.2 Å². The Morgan fingerprint density at radius 2 is 2.15 bits per heavy atom. The number of halogens is 2. The van der Waals surface area contributed by atoms with Crippen molar-refractivity contribution < 1.29 is 14.3 Å². The zero-order valence-corrected chi connectivity index (χ0v) is 16.4. The van der Waals surface area contributed by atoms with Gasteiger partial charge in [0, 0.05) is 32.4 Å². The first-order valence-corrected chi connectivity index (χ1v) is 8.48. The highest BCUT2D eigenvalue weighted by Gasteiger charge is 2.33. The Morgan fingerprint density at radius 1 is 1.35 bits per heavy atom. The number of anilines is 1. The van der Waals surface area contributed by atoms with E-state index in [1.54, 1.807) is 17.2 Å². The molecular weight excluding hydrogens is 379 g/mol. The van der Waals surface area contributed by atoms with Crippen molar-refractivity contribution in [2.75, 3.05) is 38.1 Å². The van der Waals surface area contributed by atoms with Gasteiger partial charge in [0.05, 0.1) is 12.5 Å². The first kappa shape index (κ1) is 22.6. The fraction of sp³-hybridized carbons (Fsp3) is 0.588. The molecule has 3 rings (SSSR count). The zero-order chi connectivity index (χ0) is 16.9. The lowest BCUT2D eigenvalue weighted by molar-refractivity contribution is -0.147. The predicted octanol–water partition coefficient (Wildman–Crippen LogP) is 1.40. The van der Waals surface area contributed by atoms with E-state index in [0.717, 1.165) is 24.9 Å². The van der Waals surface area contributed by atoms with Crippen molar-refractivity contribution in [2.24, 2.45) is 5.92 Å². The molecule has 0 aromatic carbocycles. The largest absolute Gasteiger partial charge is 0.366 e. The van der Waals surface area contributed by atoms with Crippen LogP contribution in [0.5, 0.6) is 0 Å². The average molecular weight is 405 g/mol. The second-order valence-electron chi connectivity index (χ2n) is 6.40. The quantitative estimate of drug-likeness (QED) is 0.795. The Bertz CT molecular complexity index is 594. The second kappa shape index (κ2) is 10.7. The van der Waals surface area contributed by atoms with Crippen LogP contribution >= 0.6 is 24.8 Å². The third-order valence-corrected chi connectivity index (χ3v) is 4.47. The normalized spacial score (nSPS) is 22.6. The van der Waals surface area contributed by atoms with E-state index in [9.17, 15) is 9.59 Å². The Labute approximate surface area is 166 Å². The molecule has 3 heterocycles. The molecule has 0 radical (unpaired) electrons. The molecule has 26 heavy (non-hydrogen) atoms. The number of morpholine rings is 1. The van der Waals surface area contributed by atoms with E-state index in [0.29, 0.717) is 32.1 Å². The lowest BCUT2D eigenvalue weighted by Gasteiger charge is -2.35. The molecule has 1 aromatic rings. The van der Waals surface area contributed by atoms with E-state index in [1.165, 1.54) is 0 Å². The van der Waals surface area contributed by atoms with Crippen LogP contribution in [-0.2, 0) is 14.3 Å². The number of amides is 2. The summed E-state index contributed by atoms with van der Waals surface area (Å²) in [6, 6.07) is 3.70. The molecule has 0 saturated carbocycles. The molecule has 2 amide bonds. The van der Waals surface area contributed by atoms with Crippen molar-refractivity contribution >= 4 is 42.4 Å². The van der Waals surface area contributed by atoms with Crippen molar-refractivity contribution in [3.05, 3.63) is 23.9 Å². The van der Waals surface area contributed by atoms with Gasteiger partial charge in [-0.3, -0.25) is 9.59 Å². The molecule has 2 fully saturated rings. The van der Waals surface area contributed by atoms with Gasteiger partial charge < -0.3 is 20.3 Å². The summed E-state index contributed by atoms with van der Waals surface area (Å²) in [5, 5.41) is 6.01. The minimum atomic E-state index is -0.431. The van der Waals surface area contributed by atoms with E-state index in [-0.39, 0.29) is 42.5 Å². The molecule has 2 unspecified atom stereocenters. The van der Waals surface area contributed by atoms with Gasteiger partial charge in [-0.05, 0) is 31.4 Å². The monoisotopic (exact) mass is 404 g/mol. The summed E-state index contributed by atoms with van der Waals surface area (Å²) in [6.45, 7) is 4.94. The van der Waals surface area contributed by atoms with Gasteiger partial charge in [-0.25, -0.2) is 4.98 Å². The number of aryl methyl sites for hydroxylation is 1. The molecule has 7 nitrogen and oxygen atoms in total. The van der Waals surface area contributed by atoms with E-state index < -0.39 is 6.10 Å². The molecule has 2 aliphatic heterocycles. The van der Waals surface area contributed by atoms with Crippen LogP contribution in [0.15, 0.2) is 18.3 Å². The summed E-state index contributed by atoms with van der Waals surface area (Å²) < 4.78 is 5.53. The Hall–Kier alpha value is -1.41. The molecule has 1 aromatic heterocycles. The molecular formula is C17H26Cl2N4O3. The van der Waals surface area contributed by atoms with E-state index in [2.05, 4.69) is 15.6 Å². The molecule has 146 valence electrons. The van der Waals surface area contributed by atoms with Crippen LogP contribution in [0, 0.1) is 12.8 Å². The molecule has 0 spiro atoms. The Morgan fingerprint density at radius 3 is 2.81 bits per heavy atom. The molecule has 2 aliphatic rings. The number of likely N-dealkylation sites (tertiary alicyclic amines) is 1. The molecule has 2 saturated heterocycles.